The smallest absolute Gasteiger partial charge is 0.220 e. The van der Waals surface area contributed by atoms with Crippen molar-refractivity contribution < 1.29 is 9.90 Å². The van der Waals surface area contributed by atoms with Crippen LogP contribution in [0.1, 0.15) is 174 Å². The van der Waals surface area contributed by atoms with Crippen LogP contribution >= 0.6 is 0 Å². The molecule has 1 heterocycles. The molecule has 5 heteroatoms. The lowest BCUT2D eigenvalue weighted by Crippen LogP contribution is -2.41. The Morgan fingerprint density at radius 3 is 1.76 bits per heavy atom. The monoisotopic (exact) mass is 531 g/mol. The highest BCUT2D eigenvalue weighted by molar-refractivity contribution is 5.76. The van der Waals surface area contributed by atoms with E-state index in [1.165, 1.54) is 96.3 Å². The fraction of sp³-hybridized carbons (Fsp3) is 0.909. The molecular formula is C33H61N3O2. The molecule has 2 unspecified atom stereocenters. The average molecular weight is 532 g/mol. The van der Waals surface area contributed by atoms with Gasteiger partial charge in [0.15, 0.2) is 5.66 Å². The lowest BCUT2D eigenvalue weighted by Gasteiger charge is -2.20. The maximum absolute atomic E-state index is 12.3. The number of carbonyl (C=O) groups is 1. The van der Waals surface area contributed by atoms with Crippen LogP contribution in [0.3, 0.4) is 0 Å². The zero-order valence-electron chi connectivity index (χ0n) is 25.2. The van der Waals surface area contributed by atoms with Gasteiger partial charge in [-0.2, -0.15) is 10.2 Å². The van der Waals surface area contributed by atoms with Crippen molar-refractivity contribution in [2.75, 3.05) is 0 Å². The summed E-state index contributed by atoms with van der Waals surface area (Å²) in [5, 5.41) is 21.9. The molecule has 0 radical (unpaired) electrons. The van der Waals surface area contributed by atoms with Gasteiger partial charge in [0.1, 0.15) is 0 Å². The molecule has 0 saturated carbocycles. The van der Waals surface area contributed by atoms with Crippen molar-refractivity contribution >= 4 is 5.91 Å². The highest BCUT2D eigenvalue weighted by atomic mass is 16.3. The lowest BCUT2D eigenvalue weighted by molar-refractivity contribution is -0.122. The highest BCUT2D eigenvalue weighted by Gasteiger charge is 2.38. The minimum atomic E-state index is -0.438. The third-order valence-electron chi connectivity index (χ3n) is 8.08. The van der Waals surface area contributed by atoms with E-state index in [9.17, 15) is 9.90 Å². The Bertz CT molecular complexity index is 637. The molecule has 0 fully saturated rings. The van der Waals surface area contributed by atoms with E-state index >= 15 is 0 Å². The molecule has 0 spiro atoms. The van der Waals surface area contributed by atoms with Crippen LogP contribution in [0, 0.1) is 12.3 Å². The number of aliphatic hydroxyl groups is 1. The standard InChI is InChI=1S/C33H61N3O2/c1-4-6-8-9-10-11-12-13-14-15-16-19-22-26-31(37)30(3)34-32(38)27-23-20-17-18-21-25-29-33(35-36-33)28-24-7-5-2/h2,30-31,37H,4,6-29H2,1,3H3,(H,34,38). The molecule has 2 atom stereocenters. The van der Waals surface area contributed by atoms with Gasteiger partial charge in [0.25, 0.3) is 0 Å². The molecule has 38 heavy (non-hydrogen) atoms. The Kier molecular flexibility index (Phi) is 21.4. The third-order valence-corrected chi connectivity index (χ3v) is 8.08. The molecule has 0 aromatic carbocycles. The summed E-state index contributed by atoms with van der Waals surface area (Å²) in [6, 6.07) is -0.161. The van der Waals surface area contributed by atoms with E-state index in [-0.39, 0.29) is 17.6 Å². The van der Waals surface area contributed by atoms with Crippen LogP contribution in [0.25, 0.3) is 0 Å². The Morgan fingerprint density at radius 2 is 1.24 bits per heavy atom. The fourth-order valence-electron chi connectivity index (χ4n) is 5.31. The zero-order chi connectivity index (χ0) is 27.7. The summed E-state index contributed by atoms with van der Waals surface area (Å²) in [5.41, 5.74) is -0.0944. The van der Waals surface area contributed by atoms with Crippen molar-refractivity contribution in [2.45, 2.75) is 192 Å². The molecular weight excluding hydrogens is 470 g/mol. The van der Waals surface area contributed by atoms with Gasteiger partial charge < -0.3 is 10.4 Å². The first-order chi connectivity index (χ1) is 18.5. The molecule has 220 valence electrons. The third kappa shape index (κ3) is 19.6. The number of rotatable bonds is 28. The minimum absolute atomic E-state index is 0.0766. The number of unbranched alkanes of at least 4 members (excludes halogenated alkanes) is 18. The number of aliphatic hydroxyl groups excluding tert-OH is 1. The number of terminal acetylenes is 1. The Morgan fingerprint density at radius 1 is 0.763 bits per heavy atom. The first kappa shape index (κ1) is 34.6. The van der Waals surface area contributed by atoms with Gasteiger partial charge in [0.05, 0.1) is 12.1 Å². The van der Waals surface area contributed by atoms with Gasteiger partial charge in [-0.05, 0) is 45.4 Å². The van der Waals surface area contributed by atoms with E-state index in [4.69, 9.17) is 6.42 Å². The molecule has 0 aromatic rings. The van der Waals surface area contributed by atoms with Crippen LogP contribution in [0.15, 0.2) is 10.2 Å². The average Bonchev–Trinajstić information content (AvgIpc) is 3.68. The summed E-state index contributed by atoms with van der Waals surface area (Å²) in [7, 11) is 0. The molecule has 5 nitrogen and oxygen atoms in total. The molecule has 1 aliphatic rings. The fourth-order valence-corrected chi connectivity index (χ4v) is 5.31. The molecule has 0 aliphatic carbocycles. The summed E-state index contributed by atoms with van der Waals surface area (Å²) in [5.74, 6) is 2.76. The van der Waals surface area contributed by atoms with Gasteiger partial charge in [-0.3, -0.25) is 4.79 Å². The number of nitrogens with zero attached hydrogens (tertiary/aromatic N) is 2. The number of hydrogen-bond donors (Lipinski definition) is 2. The predicted molar refractivity (Wildman–Crippen MR) is 161 cm³/mol. The molecule has 0 aromatic heterocycles. The second-order valence-electron chi connectivity index (χ2n) is 11.8. The highest BCUT2D eigenvalue weighted by Crippen LogP contribution is 2.38. The van der Waals surface area contributed by atoms with E-state index in [1.54, 1.807) is 0 Å². The van der Waals surface area contributed by atoms with Crippen LogP contribution < -0.4 is 5.32 Å². The van der Waals surface area contributed by atoms with Crippen molar-refractivity contribution in [1.82, 2.24) is 5.32 Å². The van der Waals surface area contributed by atoms with E-state index in [2.05, 4.69) is 28.4 Å². The van der Waals surface area contributed by atoms with E-state index in [0.29, 0.717) is 6.42 Å². The lowest BCUT2D eigenvalue weighted by atomic mass is 9.98. The summed E-state index contributed by atoms with van der Waals surface area (Å²) >= 11 is 0. The molecule has 0 bridgehead atoms. The van der Waals surface area contributed by atoms with Gasteiger partial charge >= 0.3 is 0 Å². The van der Waals surface area contributed by atoms with Gasteiger partial charge in [0.2, 0.25) is 5.91 Å². The van der Waals surface area contributed by atoms with Crippen LogP contribution in [0.2, 0.25) is 0 Å². The molecule has 1 rings (SSSR count). The van der Waals surface area contributed by atoms with Crippen molar-refractivity contribution in [2.24, 2.45) is 10.2 Å². The summed E-state index contributed by atoms with van der Waals surface area (Å²) < 4.78 is 0. The van der Waals surface area contributed by atoms with E-state index in [1.807, 2.05) is 6.92 Å². The van der Waals surface area contributed by atoms with Crippen LogP contribution in [-0.2, 0) is 4.79 Å². The molecule has 1 aliphatic heterocycles. The number of hydrogen-bond acceptors (Lipinski definition) is 4. The van der Waals surface area contributed by atoms with Crippen molar-refractivity contribution in [3.63, 3.8) is 0 Å². The first-order valence-electron chi connectivity index (χ1n) is 16.4. The van der Waals surface area contributed by atoms with Crippen LogP contribution in [0.4, 0.5) is 0 Å². The van der Waals surface area contributed by atoms with Gasteiger partial charge in [-0.1, -0.05) is 116 Å². The van der Waals surface area contributed by atoms with E-state index < -0.39 is 6.10 Å². The Hall–Kier alpha value is -1.41. The molecule has 1 amide bonds. The largest absolute Gasteiger partial charge is 0.391 e. The van der Waals surface area contributed by atoms with Crippen LogP contribution in [-0.4, -0.2) is 28.8 Å². The summed E-state index contributed by atoms with van der Waals surface area (Å²) in [6.45, 7) is 4.21. The quantitative estimate of drug-likeness (QED) is 0.0779. The SMILES string of the molecule is C#CCCCC1(CCCCCCCCC(=O)NC(C)C(O)CCCCCCCCCCCCCCC)N=N1. The number of amides is 1. The maximum atomic E-state index is 12.3. The first-order valence-corrected chi connectivity index (χ1v) is 16.4. The second kappa shape index (κ2) is 23.5. The summed E-state index contributed by atoms with van der Waals surface area (Å²) in [6.07, 6.45) is 34.2. The Balaban J connectivity index is 1.87. The number of nitrogens with one attached hydrogen (secondary N) is 1. The maximum Gasteiger partial charge on any atom is 0.220 e. The van der Waals surface area contributed by atoms with Crippen molar-refractivity contribution in [3.8, 4) is 12.3 Å². The van der Waals surface area contributed by atoms with Gasteiger partial charge in [-0.15, -0.1) is 12.3 Å². The van der Waals surface area contributed by atoms with Gasteiger partial charge in [0, 0.05) is 12.8 Å². The topological polar surface area (TPSA) is 74.0 Å². The second-order valence-corrected chi connectivity index (χ2v) is 11.8. The van der Waals surface area contributed by atoms with Crippen molar-refractivity contribution in [1.29, 1.82) is 0 Å². The van der Waals surface area contributed by atoms with Gasteiger partial charge in [-0.25, -0.2) is 0 Å². The van der Waals surface area contributed by atoms with Crippen molar-refractivity contribution in [3.05, 3.63) is 0 Å². The Labute approximate surface area is 235 Å². The summed E-state index contributed by atoms with van der Waals surface area (Å²) in [4.78, 5) is 12.3. The predicted octanol–water partition coefficient (Wildman–Crippen LogP) is 9.42. The molecule has 2 N–H and O–H groups in total. The zero-order valence-corrected chi connectivity index (χ0v) is 25.2. The number of carbonyl (C=O) groups excluding carboxylic acids is 1. The minimum Gasteiger partial charge on any atom is -0.391 e. The van der Waals surface area contributed by atoms with E-state index in [0.717, 1.165) is 57.8 Å². The molecule has 0 saturated heterocycles. The normalized spacial score (nSPS) is 15.2. The van der Waals surface area contributed by atoms with Crippen LogP contribution in [0.5, 0.6) is 0 Å².